The van der Waals surface area contributed by atoms with Gasteiger partial charge in [-0.2, -0.15) is 4.31 Å². The standard InChI is InChI=1S/C19H16Cl2N2O3S/c1-23(12-19(24)22-18-9-7-15(20)11-17(18)21)27(25,26)16-8-6-13-4-2-3-5-14(13)10-16/h2-11H,12H2,1H3,(H,22,24). The van der Waals surface area contributed by atoms with Crippen molar-refractivity contribution in [1.82, 2.24) is 4.31 Å². The summed E-state index contributed by atoms with van der Waals surface area (Å²) in [6, 6.07) is 17.0. The number of rotatable bonds is 5. The van der Waals surface area contributed by atoms with Crippen molar-refractivity contribution >= 4 is 55.6 Å². The molecule has 0 spiro atoms. The number of nitrogens with one attached hydrogen (secondary N) is 1. The second-order valence-electron chi connectivity index (χ2n) is 5.94. The zero-order valence-corrected chi connectivity index (χ0v) is 16.6. The van der Waals surface area contributed by atoms with Crippen LogP contribution in [0.1, 0.15) is 0 Å². The summed E-state index contributed by atoms with van der Waals surface area (Å²) in [4.78, 5) is 12.4. The van der Waals surface area contributed by atoms with Crippen LogP contribution in [0.15, 0.2) is 65.6 Å². The number of carbonyl (C=O) groups is 1. The summed E-state index contributed by atoms with van der Waals surface area (Å²) < 4.78 is 26.6. The lowest BCUT2D eigenvalue weighted by atomic mass is 10.1. The van der Waals surface area contributed by atoms with Gasteiger partial charge in [0.2, 0.25) is 15.9 Å². The number of fused-ring (bicyclic) bond motifs is 1. The summed E-state index contributed by atoms with van der Waals surface area (Å²) >= 11 is 11.8. The lowest BCUT2D eigenvalue weighted by Gasteiger charge is -2.17. The van der Waals surface area contributed by atoms with Gasteiger partial charge in [0.15, 0.2) is 0 Å². The molecule has 3 aromatic carbocycles. The van der Waals surface area contributed by atoms with Gasteiger partial charge in [-0.25, -0.2) is 8.42 Å². The number of carbonyl (C=O) groups excluding carboxylic acids is 1. The van der Waals surface area contributed by atoms with Gasteiger partial charge in [0.05, 0.1) is 22.2 Å². The highest BCUT2D eigenvalue weighted by atomic mass is 35.5. The number of amides is 1. The summed E-state index contributed by atoms with van der Waals surface area (Å²) in [6.07, 6.45) is 0. The van der Waals surface area contributed by atoms with Crippen LogP contribution >= 0.6 is 23.2 Å². The predicted molar refractivity (Wildman–Crippen MR) is 109 cm³/mol. The molecule has 8 heteroatoms. The van der Waals surface area contributed by atoms with Crippen molar-refractivity contribution < 1.29 is 13.2 Å². The topological polar surface area (TPSA) is 66.5 Å². The fourth-order valence-corrected chi connectivity index (χ4v) is 4.19. The van der Waals surface area contributed by atoms with E-state index < -0.39 is 15.9 Å². The normalized spacial score (nSPS) is 11.7. The van der Waals surface area contributed by atoms with Gasteiger partial charge < -0.3 is 5.32 Å². The van der Waals surface area contributed by atoms with E-state index in [1.54, 1.807) is 24.3 Å². The molecule has 0 radical (unpaired) electrons. The van der Waals surface area contributed by atoms with E-state index in [0.29, 0.717) is 10.7 Å². The molecule has 3 rings (SSSR count). The van der Waals surface area contributed by atoms with E-state index in [-0.39, 0.29) is 16.5 Å². The van der Waals surface area contributed by atoms with E-state index in [4.69, 9.17) is 23.2 Å². The van der Waals surface area contributed by atoms with Crippen molar-refractivity contribution in [3.8, 4) is 0 Å². The first-order chi connectivity index (χ1) is 12.8. The third-order valence-electron chi connectivity index (χ3n) is 4.00. The predicted octanol–water partition coefficient (Wildman–Crippen LogP) is 4.41. The van der Waals surface area contributed by atoms with Crippen molar-refractivity contribution in [2.24, 2.45) is 0 Å². The Kier molecular flexibility index (Phi) is 5.72. The van der Waals surface area contributed by atoms with E-state index in [2.05, 4.69) is 5.32 Å². The van der Waals surface area contributed by atoms with Crippen molar-refractivity contribution in [2.75, 3.05) is 18.9 Å². The minimum atomic E-state index is -3.82. The summed E-state index contributed by atoms with van der Waals surface area (Å²) in [5.74, 6) is -0.508. The highest BCUT2D eigenvalue weighted by Crippen LogP contribution is 2.25. The molecule has 0 saturated carbocycles. The van der Waals surface area contributed by atoms with Gasteiger partial charge in [0.25, 0.3) is 0 Å². The second-order valence-corrected chi connectivity index (χ2v) is 8.83. The summed E-state index contributed by atoms with van der Waals surface area (Å²) in [6.45, 7) is -0.353. The van der Waals surface area contributed by atoms with Gasteiger partial charge in [-0.3, -0.25) is 4.79 Å². The number of sulfonamides is 1. The molecule has 0 fully saturated rings. The molecule has 0 aromatic heterocycles. The summed E-state index contributed by atoms with van der Waals surface area (Å²) in [5, 5.41) is 5.05. The molecular weight excluding hydrogens is 407 g/mol. The van der Waals surface area contributed by atoms with E-state index in [0.717, 1.165) is 15.1 Å². The van der Waals surface area contributed by atoms with Gasteiger partial charge in [0, 0.05) is 12.1 Å². The zero-order valence-electron chi connectivity index (χ0n) is 14.3. The van der Waals surface area contributed by atoms with Gasteiger partial charge in [-0.05, 0) is 41.1 Å². The van der Waals surface area contributed by atoms with E-state index >= 15 is 0 Å². The molecule has 140 valence electrons. The van der Waals surface area contributed by atoms with Gasteiger partial charge in [0.1, 0.15) is 0 Å². The smallest absolute Gasteiger partial charge is 0.243 e. The SMILES string of the molecule is CN(CC(=O)Nc1ccc(Cl)cc1Cl)S(=O)(=O)c1ccc2ccccc2c1. The molecule has 27 heavy (non-hydrogen) atoms. The quantitative estimate of drug-likeness (QED) is 0.661. The highest BCUT2D eigenvalue weighted by Gasteiger charge is 2.23. The van der Waals surface area contributed by atoms with E-state index in [1.807, 2.05) is 24.3 Å². The second kappa shape index (κ2) is 7.86. The monoisotopic (exact) mass is 422 g/mol. The Morgan fingerprint density at radius 2 is 1.70 bits per heavy atom. The number of nitrogens with zero attached hydrogens (tertiary/aromatic N) is 1. The number of benzene rings is 3. The van der Waals surface area contributed by atoms with Crippen molar-refractivity contribution in [1.29, 1.82) is 0 Å². The minimum Gasteiger partial charge on any atom is -0.324 e. The highest BCUT2D eigenvalue weighted by molar-refractivity contribution is 7.89. The Balaban J connectivity index is 1.76. The Bertz CT molecular complexity index is 1120. The van der Waals surface area contributed by atoms with Crippen LogP contribution in [0.5, 0.6) is 0 Å². The third kappa shape index (κ3) is 4.42. The first-order valence-corrected chi connectivity index (χ1v) is 10.2. The van der Waals surface area contributed by atoms with Crippen LogP contribution in [-0.4, -0.2) is 32.2 Å². The van der Waals surface area contributed by atoms with Crippen LogP contribution in [0.4, 0.5) is 5.69 Å². The van der Waals surface area contributed by atoms with Crippen molar-refractivity contribution in [2.45, 2.75) is 4.90 Å². The van der Waals surface area contributed by atoms with Crippen LogP contribution in [-0.2, 0) is 14.8 Å². The number of likely N-dealkylation sites (N-methyl/N-ethyl adjacent to an activating group) is 1. The Morgan fingerprint density at radius 3 is 2.41 bits per heavy atom. The molecule has 0 bridgehead atoms. The molecule has 3 aromatic rings. The molecule has 5 nitrogen and oxygen atoms in total. The Hall–Kier alpha value is -2.12. The molecule has 0 unspecified atom stereocenters. The Labute approximate surface area is 167 Å². The van der Waals surface area contributed by atoms with E-state index in [9.17, 15) is 13.2 Å². The van der Waals surface area contributed by atoms with Gasteiger partial charge >= 0.3 is 0 Å². The molecule has 1 amide bonds. The Morgan fingerprint density at radius 1 is 1.00 bits per heavy atom. The first-order valence-electron chi connectivity index (χ1n) is 7.97. The molecule has 0 aliphatic carbocycles. The molecule has 0 aliphatic rings. The third-order valence-corrected chi connectivity index (χ3v) is 6.35. The largest absolute Gasteiger partial charge is 0.324 e. The van der Waals surface area contributed by atoms with Crippen molar-refractivity contribution in [3.63, 3.8) is 0 Å². The fraction of sp³-hybridized carbons (Fsp3) is 0.105. The van der Waals surface area contributed by atoms with Gasteiger partial charge in [-0.1, -0.05) is 53.5 Å². The maximum atomic E-state index is 12.8. The zero-order chi connectivity index (χ0) is 19.6. The fourth-order valence-electron chi connectivity index (χ4n) is 2.58. The minimum absolute atomic E-state index is 0.126. The summed E-state index contributed by atoms with van der Waals surface area (Å²) in [7, 11) is -2.46. The average molecular weight is 423 g/mol. The lowest BCUT2D eigenvalue weighted by molar-refractivity contribution is -0.116. The lowest BCUT2D eigenvalue weighted by Crippen LogP contribution is -2.35. The van der Waals surface area contributed by atoms with Crippen molar-refractivity contribution in [3.05, 3.63) is 70.7 Å². The molecular formula is C19H16Cl2N2O3S. The molecule has 0 atom stereocenters. The number of halogens is 2. The van der Waals surface area contributed by atoms with E-state index in [1.165, 1.54) is 19.2 Å². The van der Waals surface area contributed by atoms with Crippen LogP contribution in [0, 0.1) is 0 Å². The molecule has 0 heterocycles. The molecule has 0 saturated heterocycles. The van der Waals surface area contributed by atoms with Crippen LogP contribution in [0.2, 0.25) is 10.0 Å². The first kappa shape index (κ1) is 19.6. The molecule has 1 N–H and O–H groups in total. The molecule has 0 aliphatic heterocycles. The number of anilines is 1. The maximum Gasteiger partial charge on any atom is 0.243 e. The van der Waals surface area contributed by atoms with Gasteiger partial charge in [-0.15, -0.1) is 0 Å². The van der Waals surface area contributed by atoms with Crippen LogP contribution in [0.3, 0.4) is 0 Å². The maximum absolute atomic E-state index is 12.8. The summed E-state index contributed by atoms with van der Waals surface area (Å²) in [5.41, 5.74) is 0.363. The number of hydrogen-bond donors (Lipinski definition) is 1. The van der Waals surface area contributed by atoms with Crippen LogP contribution < -0.4 is 5.32 Å². The van der Waals surface area contributed by atoms with Crippen LogP contribution in [0.25, 0.3) is 10.8 Å². The number of hydrogen-bond acceptors (Lipinski definition) is 3. The average Bonchev–Trinajstić information content (AvgIpc) is 2.63.